The minimum absolute atomic E-state index is 0.338. The first-order chi connectivity index (χ1) is 9.20. The number of nitriles is 1. The second kappa shape index (κ2) is 4.60. The van der Waals surface area contributed by atoms with Crippen LogP contribution in [0.25, 0.3) is 0 Å². The van der Waals surface area contributed by atoms with Crippen molar-refractivity contribution in [1.29, 1.82) is 5.26 Å². The number of rotatable bonds is 1. The summed E-state index contributed by atoms with van der Waals surface area (Å²) in [6, 6.07) is 10.2. The molecule has 1 aromatic heterocycles. The van der Waals surface area contributed by atoms with E-state index in [1.54, 1.807) is 6.07 Å². The van der Waals surface area contributed by atoms with Gasteiger partial charge < -0.3 is 10.6 Å². The molecule has 0 saturated heterocycles. The van der Waals surface area contributed by atoms with E-state index >= 15 is 0 Å². The number of fused-ring (bicyclic) bond motifs is 1. The van der Waals surface area contributed by atoms with Gasteiger partial charge in [0.1, 0.15) is 0 Å². The SMILES string of the molecule is CC1c2ccsc2CCN1c1ccc(C#N)cc1N. The lowest BCUT2D eigenvalue weighted by atomic mass is 10.00. The predicted octanol–water partition coefficient (Wildman–Crippen LogP) is 3.33. The van der Waals surface area contributed by atoms with Crippen LogP contribution in [0.4, 0.5) is 11.4 Å². The lowest BCUT2D eigenvalue weighted by molar-refractivity contribution is 0.633. The third-order valence-corrected chi connectivity index (χ3v) is 4.74. The van der Waals surface area contributed by atoms with Crippen molar-refractivity contribution < 1.29 is 0 Å². The number of anilines is 2. The van der Waals surface area contributed by atoms with E-state index < -0.39 is 0 Å². The summed E-state index contributed by atoms with van der Waals surface area (Å²) in [5, 5.41) is 11.1. The highest BCUT2D eigenvalue weighted by Crippen LogP contribution is 2.38. The number of hydrogen-bond acceptors (Lipinski definition) is 4. The van der Waals surface area contributed by atoms with Crippen LogP contribution in [0.15, 0.2) is 29.6 Å². The fraction of sp³-hybridized carbons (Fsp3) is 0.267. The molecule has 96 valence electrons. The Balaban J connectivity index is 1.98. The predicted molar refractivity (Wildman–Crippen MR) is 79.4 cm³/mol. The maximum atomic E-state index is 8.90. The zero-order valence-electron chi connectivity index (χ0n) is 10.8. The molecule has 0 spiro atoms. The molecule has 0 amide bonds. The number of thiophene rings is 1. The van der Waals surface area contributed by atoms with E-state index in [9.17, 15) is 0 Å². The Morgan fingerprint density at radius 3 is 3.00 bits per heavy atom. The molecule has 0 radical (unpaired) electrons. The van der Waals surface area contributed by atoms with Gasteiger partial charge in [-0.05, 0) is 48.6 Å². The summed E-state index contributed by atoms with van der Waals surface area (Å²) in [5.74, 6) is 0. The summed E-state index contributed by atoms with van der Waals surface area (Å²) in [6.45, 7) is 3.19. The first-order valence-electron chi connectivity index (χ1n) is 6.33. The number of hydrogen-bond donors (Lipinski definition) is 1. The molecule has 2 N–H and O–H groups in total. The third kappa shape index (κ3) is 1.96. The van der Waals surface area contributed by atoms with Crippen LogP contribution in [0, 0.1) is 11.3 Å². The van der Waals surface area contributed by atoms with E-state index in [1.807, 2.05) is 23.5 Å². The van der Waals surface area contributed by atoms with Crippen molar-refractivity contribution in [1.82, 2.24) is 0 Å². The zero-order valence-corrected chi connectivity index (χ0v) is 11.6. The minimum Gasteiger partial charge on any atom is -0.397 e. The molecule has 19 heavy (non-hydrogen) atoms. The first kappa shape index (κ1) is 12.1. The molecule has 1 aliphatic rings. The fourth-order valence-electron chi connectivity index (χ4n) is 2.72. The number of nitrogen functional groups attached to an aromatic ring is 1. The monoisotopic (exact) mass is 269 g/mol. The van der Waals surface area contributed by atoms with Crippen molar-refractivity contribution in [2.45, 2.75) is 19.4 Å². The number of nitrogens with two attached hydrogens (primary N) is 1. The van der Waals surface area contributed by atoms with Crippen LogP contribution in [0.2, 0.25) is 0 Å². The summed E-state index contributed by atoms with van der Waals surface area (Å²) in [5.41, 5.74) is 9.83. The number of nitrogens with zero attached hydrogens (tertiary/aromatic N) is 2. The summed E-state index contributed by atoms with van der Waals surface area (Å²) in [6.07, 6.45) is 1.07. The lowest BCUT2D eigenvalue weighted by Crippen LogP contribution is -2.33. The largest absolute Gasteiger partial charge is 0.397 e. The maximum Gasteiger partial charge on any atom is 0.0992 e. The van der Waals surface area contributed by atoms with Crippen LogP contribution in [0.5, 0.6) is 0 Å². The van der Waals surface area contributed by atoms with Gasteiger partial charge in [0.2, 0.25) is 0 Å². The van der Waals surface area contributed by atoms with Gasteiger partial charge >= 0.3 is 0 Å². The molecule has 1 aliphatic heterocycles. The van der Waals surface area contributed by atoms with Crippen LogP contribution in [0.1, 0.15) is 29.0 Å². The molecule has 2 heterocycles. The maximum absolute atomic E-state index is 8.90. The van der Waals surface area contributed by atoms with Gasteiger partial charge in [0.05, 0.1) is 29.0 Å². The van der Waals surface area contributed by atoms with Gasteiger partial charge in [-0.3, -0.25) is 0 Å². The Bertz CT molecular complexity index is 654. The van der Waals surface area contributed by atoms with Crippen molar-refractivity contribution >= 4 is 22.7 Å². The molecule has 0 aliphatic carbocycles. The molecular weight excluding hydrogens is 254 g/mol. The Morgan fingerprint density at radius 1 is 1.42 bits per heavy atom. The van der Waals surface area contributed by atoms with Gasteiger partial charge in [0.15, 0.2) is 0 Å². The highest BCUT2D eigenvalue weighted by Gasteiger charge is 2.25. The van der Waals surface area contributed by atoms with Gasteiger partial charge in [-0.15, -0.1) is 11.3 Å². The van der Waals surface area contributed by atoms with Crippen LogP contribution in [-0.4, -0.2) is 6.54 Å². The Labute approximate surface area is 116 Å². The summed E-state index contributed by atoms with van der Waals surface area (Å²) >= 11 is 1.84. The summed E-state index contributed by atoms with van der Waals surface area (Å²) < 4.78 is 0. The summed E-state index contributed by atoms with van der Waals surface area (Å²) in [7, 11) is 0. The normalized spacial score (nSPS) is 17.9. The Morgan fingerprint density at radius 2 is 2.26 bits per heavy atom. The molecule has 1 aromatic carbocycles. The van der Waals surface area contributed by atoms with E-state index in [2.05, 4.69) is 29.3 Å². The molecule has 1 atom stereocenters. The zero-order chi connectivity index (χ0) is 13.4. The van der Waals surface area contributed by atoms with Crippen LogP contribution < -0.4 is 10.6 Å². The van der Waals surface area contributed by atoms with E-state index in [0.717, 1.165) is 18.7 Å². The second-order valence-corrected chi connectivity index (χ2v) is 5.80. The number of benzene rings is 1. The molecule has 3 nitrogen and oxygen atoms in total. The molecule has 4 heteroatoms. The van der Waals surface area contributed by atoms with Gasteiger partial charge in [0.25, 0.3) is 0 Å². The van der Waals surface area contributed by atoms with Crippen molar-refractivity contribution in [2.24, 2.45) is 0 Å². The highest BCUT2D eigenvalue weighted by molar-refractivity contribution is 7.10. The van der Waals surface area contributed by atoms with Gasteiger partial charge in [0, 0.05) is 11.4 Å². The topological polar surface area (TPSA) is 53.0 Å². The van der Waals surface area contributed by atoms with E-state index in [0.29, 0.717) is 17.3 Å². The third-order valence-electron chi connectivity index (χ3n) is 3.74. The first-order valence-corrected chi connectivity index (χ1v) is 7.21. The van der Waals surface area contributed by atoms with Crippen molar-refractivity contribution in [3.63, 3.8) is 0 Å². The van der Waals surface area contributed by atoms with Crippen LogP contribution in [-0.2, 0) is 6.42 Å². The molecule has 0 saturated carbocycles. The van der Waals surface area contributed by atoms with Crippen molar-refractivity contribution in [3.05, 3.63) is 45.6 Å². The molecule has 0 bridgehead atoms. The van der Waals surface area contributed by atoms with Crippen LogP contribution in [0.3, 0.4) is 0 Å². The van der Waals surface area contributed by atoms with Gasteiger partial charge in [-0.25, -0.2) is 0 Å². The Kier molecular flexibility index (Phi) is 2.92. The average Bonchev–Trinajstić information content (AvgIpc) is 2.89. The molecule has 3 rings (SSSR count). The smallest absolute Gasteiger partial charge is 0.0992 e. The Hall–Kier alpha value is -1.99. The van der Waals surface area contributed by atoms with E-state index in [4.69, 9.17) is 11.0 Å². The molecule has 1 unspecified atom stereocenters. The minimum atomic E-state index is 0.338. The van der Waals surface area contributed by atoms with Crippen molar-refractivity contribution in [3.8, 4) is 6.07 Å². The average molecular weight is 269 g/mol. The molecule has 0 fully saturated rings. The van der Waals surface area contributed by atoms with Crippen molar-refractivity contribution in [2.75, 3.05) is 17.2 Å². The van der Waals surface area contributed by atoms with Gasteiger partial charge in [-0.2, -0.15) is 5.26 Å². The van der Waals surface area contributed by atoms with E-state index in [1.165, 1.54) is 10.4 Å². The highest BCUT2D eigenvalue weighted by atomic mass is 32.1. The quantitative estimate of drug-likeness (QED) is 0.808. The fourth-order valence-corrected chi connectivity index (χ4v) is 3.69. The summed E-state index contributed by atoms with van der Waals surface area (Å²) in [4.78, 5) is 3.81. The molecule has 2 aromatic rings. The second-order valence-electron chi connectivity index (χ2n) is 4.80. The van der Waals surface area contributed by atoms with Gasteiger partial charge in [-0.1, -0.05) is 0 Å². The van der Waals surface area contributed by atoms with E-state index in [-0.39, 0.29) is 0 Å². The standard InChI is InChI=1S/C15H15N3S/c1-10-12-5-7-19-15(12)4-6-18(10)14-3-2-11(9-16)8-13(14)17/h2-3,5,7-8,10H,4,6,17H2,1H3. The van der Waals surface area contributed by atoms with Crippen LogP contribution >= 0.6 is 11.3 Å². The lowest BCUT2D eigenvalue weighted by Gasteiger charge is -2.36. The molecular formula is C15H15N3S.